The molecule has 1 aliphatic heterocycles. The van der Waals surface area contributed by atoms with Crippen molar-refractivity contribution in [3.8, 4) is 0 Å². The first-order valence-corrected chi connectivity index (χ1v) is 11.0. The van der Waals surface area contributed by atoms with Crippen LogP contribution in [-0.4, -0.2) is 52.9 Å². The number of aryl methyl sites for hydroxylation is 1. The minimum atomic E-state index is -3.77. The van der Waals surface area contributed by atoms with Crippen molar-refractivity contribution in [2.45, 2.75) is 37.2 Å². The van der Waals surface area contributed by atoms with Gasteiger partial charge in [0.2, 0.25) is 10.0 Å². The monoisotopic (exact) mass is 417 g/mol. The third-order valence-corrected chi connectivity index (χ3v) is 7.07. The second-order valence-electron chi connectivity index (χ2n) is 7.69. The Kier molecular flexibility index (Phi) is 5.14. The summed E-state index contributed by atoms with van der Waals surface area (Å²) in [5.74, 6) is -0.460. The zero-order valence-electron chi connectivity index (χ0n) is 16.7. The molecule has 0 radical (unpaired) electrons. The lowest BCUT2D eigenvalue weighted by Crippen LogP contribution is -2.33. The quantitative estimate of drug-likeness (QED) is 0.638. The highest BCUT2D eigenvalue weighted by Gasteiger charge is 2.39. The van der Waals surface area contributed by atoms with E-state index in [-0.39, 0.29) is 10.9 Å². The molecular weight excluding hydrogens is 393 g/mol. The van der Waals surface area contributed by atoms with E-state index in [1.165, 1.54) is 28.6 Å². The lowest BCUT2D eigenvalue weighted by atomic mass is 10.1. The molecule has 0 spiro atoms. The summed E-state index contributed by atoms with van der Waals surface area (Å²) in [5, 5.41) is 4.59. The van der Waals surface area contributed by atoms with E-state index in [1.807, 2.05) is 38.2 Å². The molecule has 0 saturated carbocycles. The zero-order chi connectivity index (χ0) is 20.8. The van der Waals surface area contributed by atoms with Gasteiger partial charge in [-0.3, -0.25) is 0 Å². The van der Waals surface area contributed by atoms with Gasteiger partial charge >= 0.3 is 0 Å². The molecule has 29 heavy (non-hydrogen) atoms. The molecule has 0 unspecified atom stereocenters. The number of halogens is 1. The molecule has 0 amide bonds. The molecule has 7 nitrogen and oxygen atoms in total. The number of benzene rings is 1. The normalized spacial score (nSPS) is 18.2. The van der Waals surface area contributed by atoms with Gasteiger partial charge in [0, 0.05) is 30.9 Å². The third kappa shape index (κ3) is 3.65. The maximum Gasteiger partial charge on any atom is 0.243 e. The zero-order valence-corrected chi connectivity index (χ0v) is 17.5. The molecule has 0 aliphatic carbocycles. The minimum absolute atomic E-state index is 0.0990. The summed E-state index contributed by atoms with van der Waals surface area (Å²) in [4.78, 5) is 6.63. The predicted octanol–water partition coefficient (Wildman–Crippen LogP) is 2.76. The van der Waals surface area contributed by atoms with Gasteiger partial charge in [0.25, 0.3) is 0 Å². The fourth-order valence-electron chi connectivity index (χ4n) is 3.96. The number of fused-ring (bicyclic) bond motifs is 1. The Balaban J connectivity index is 1.84. The van der Waals surface area contributed by atoms with Crippen LogP contribution in [0.1, 0.15) is 35.8 Å². The van der Waals surface area contributed by atoms with E-state index in [4.69, 9.17) is 0 Å². The van der Waals surface area contributed by atoms with Gasteiger partial charge in [0.05, 0.1) is 22.3 Å². The number of hydrogen-bond acceptors (Lipinski definition) is 5. The van der Waals surface area contributed by atoms with Crippen LogP contribution in [0.4, 0.5) is 4.39 Å². The molecule has 1 aliphatic rings. The highest BCUT2D eigenvalue weighted by Crippen LogP contribution is 2.38. The van der Waals surface area contributed by atoms with Gasteiger partial charge in [-0.1, -0.05) is 0 Å². The smallest absolute Gasteiger partial charge is 0.243 e. The van der Waals surface area contributed by atoms with E-state index in [1.54, 1.807) is 4.52 Å². The predicted molar refractivity (Wildman–Crippen MR) is 107 cm³/mol. The van der Waals surface area contributed by atoms with E-state index < -0.39 is 15.8 Å². The first-order valence-electron chi connectivity index (χ1n) is 9.53. The van der Waals surface area contributed by atoms with Gasteiger partial charge in [-0.15, -0.1) is 0 Å². The van der Waals surface area contributed by atoms with E-state index >= 15 is 0 Å². The fraction of sp³-hybridized carbons (Fsp3) is 0.400. The topological polar surface area (TPSA) is 70.8 Å². The Labute approximate surface area is 169 Å². The lowest BCUT2D eigenvalue weighted by Gasteiger charge is -2.27. The van der Waals surface area contributed by atoms with Gasteiger partial charge in [-0.25, -0.2) is 22.3 Å². The first kappa shape index (κ1) is 19.9. The van der Waals surface area contributed by atoms with E-state index in [0.29, 0.717) is 25.2 Å². The molecule has 2 aromatic heterocycles. The Morgan fingerprint density at radius 3 is 2.66 bits per heavy atom. The SMILES string of the molecule is Cc1cc2ncc(CN(C)C)c([C@@H]3CCCN3S(=O)(=O)c3ccc(F)cc3)n2n1. The van der Waals surface area contributed by atoms with E-state index in [0.717, 1.165) is 23.4 Å². The van der Waals surface area contributed by atoms with Crippen molar-refractivity contribution < 1.29 is 12.8 Å². The summed E-state index contributed by atoms with van der Waals surface area (Å²) >= 11 is 0. The van der Waals surface area contributed by atoms with Gasteiger partial charge in [-0.05, 0) is 58.1 Å². The van der Waals surface area contributed by atoms with Crippen LogP contribution < -0.4 is 0 Å². The molecule has 154 valence electrons. The second-order valence-corrected chi connectivity index (χ2v) is 9.58. The van der Waals surface area contributed by atoms with Crippen LogP contribution >= 0.6 is 0 Å². The maximum atomic E-state index is 13.4. The van der Waals surface area contributed by atoms with Crippen molar-refractivity contribution in [3.05, 3.63) is 59.3 Å². The average Bonchev–Trinajstić information content (AvgIpc) is 3.28. The summed E-state index contributed by atoms with van der Waals surface area (Å²) in [6.45, 7) is 2.93. The first-order chi connectivity index (χ1) is 13.8. The molecule has 3 heterocycles. The number of rotatable bonds is 5. The van der Waals surface area contributed by atoms with Crippen LogP contribution in [0.2, 0.25) is 0 Å². The Bertz CT molecular complexity index is 1140. The van der Waals surface area contributed by atoms with Crippen molar-refractivity contribution in [1.29, 1.82) is 0 Å². The fourth-order valence-corrected chi connectivity index (χ4v) is 5.62. The minimum Gasteiger partial charge on any atom is -0.305 e. The Hall–Kier alpha value is -2.36. The number of sulfonamides is 1. The summed E-state index contributed by atoms with van der Waals surface area (Å²) in [7, 11) is 0.156. The largest absolute Gasteiger partial charge is 0.305 e. The van der Waals surface area contributed by atoms with Crippen LogP contribution in [0.15, 0.2) is 41.4 Å². The summed E-state index contributed by atoms with van der Waals surface area (Å²) < 4.78 is 43.3. The van der Waals surface area contributed by atoms with Gasteiger partial charge < -0.3 is 4.90 Å². The molecule has 9 heteroatoms. The molecule has 1 atom stereocenters. The highest BCUT2D eigenvalue weighted by molar-refractivity contribution is 7.89. The molecule has 1 fully saturated rings. The number of nitrogens with zero attached hydrogens (tertiary/aromatic N) is 5. The molecule has 1 saturated heterocycles. The van der Waals surface area contributed by atoms with E-state index in [9.17, 15) is 12.8 Å². The van der Waals surface area contributed by atoms with Crippen LogP contribution in [0, 0.1) is 12.7 Å². The highest BCUT2D eigenvalue weighted by atomic mass is 32.2. The van der Waals surface area contributed by atoms with Crippen molar-refractivity contribution in [3.63, 3.8) is 0 Å². The molecule has 1 aromatic carbocycles. The van der Waals surface area contributed by atoms with Crippen molar-refractivity contribution in [1.82, 2.24) is 23.8 Å². The molecular formula is C20H24FN5O2S. The second kappa shape index (κ2) is 7.47. The van der Waals surface area contributed by atoms with Crippen LogP contribution in [0.3, 0.4) is 0 Å². The van der Waals surface area contributed by atoms with Gasteiger partial charge in [-0.2, -0.15) is 9.40 Å². The lowest BCUT2D eigenvalue weighted by molar-refractivity contribution is 0.366. The average molecular weight is 418 g/mol. The molecule has 0 N–H and O–H groups in total. The number of aromatic nitrogens is 3. The summed E-state index contributed by atoms with van der Waals surface area (Å²) in [6.07, 6.45) is 3.25. The Morgan fingerprint density at radius 2 is 1.97 bits per heavy atom. The van der Waals surface area contributed by atoms with Crippen LogP contribution in [0.25, 0.3) is 5.65 Å². The van der Waals surface area contributed by atoms with Crippen LogP contribution in [-0.2, 0) is 16.6 Å². The molecule has 4 rings (SSSR count). The molecule has 0 bridgehead atoms. The maximum absolute atomic E-state index is 13.4. The standard InChI is InChI=1S/C20H24FN5O2S/c1-14-11-19-22-12-15(13-24(2)3)20(26(19)23-14)18-5-4-10-25(18)29(27,28)17-8-6-16(21)7-9-17/h6-9,11-12,18H,4-5,10,13H2,1-3H3/t18-/m0/s1. The van der Waals surface area contributed by atoms with Crippen LogP contribution in [0.5, 0.6) is 0 Å². The van der Waals surface area contributed by atoms with Crippen molar-refractivity contribution in [2.75, 3.05) is 20.6 Å². The third-order valence-electron chi connectivity index (χ3n) is 5.15. The van der Waals surface area contributed by atoms with Gasteiger partial charge in [0.1, 0.15) is 5.82 Å². The van der Waals surface area contributed by atoms with Crippen molar-refractivity contribution in [2.24, 2.45) is 0 Å². The van der Waals surface area contributed by atoms with Gasteiger partial charge in [0.15, 0.2) is 5.65 Å². The number of hydrogen-bond donors (Lipinski definition) is 0. The van der Waals surface area contributed by atoms with Crippen molar-refractivity contribution >= 4 is 15.7 Å². The Morgan fingerprint density at radius 1 is 1.24 bits per heavy atom. The summed E-state index contributed by atoms with van der Waals surface area (Å²) in [6, 6.07) is 6.52. The molecule has 3 aromatic rings. The van der Waals surface area contributed by atoms with E-state index in [2.05, 4.69) is 10.1 Å². The summed E-state index contributed by atoms with van der Waals surface area (Å²) in [5.41, 5.74) is 3.31.